The Kier molecular flexibility index (Phi) is 4.11. The zero-order valence-corrected chi connectivity index (χ0v) is 14.8. The Hall–Kier alpha value is -1.76. The first-order valence-electron chi connectivity index (χ1n) is 7.14. The van der Waals surface area contributed by atoms with Crippen LogP contribution in [0.3, 0.4) is 0 Å². The minimum Gasteiger partial charge on any atom is -0.246 e. The molecule has 1 aromatic carbocycles. The number of aromatic nitrogens is 3. The van der Waals surface area contributed by atoms with Gasteiger partial charge in [-0.05, 0) is 24.4 Å². The summed E-state index contributed by atoms with van der Waals surface area (Å²) in [6, 6.07) is 12.3. The molecule has 0 atom stereocenters. The SMILES string of the molecule is Cc1nc(CSc2nc(-c3cccs3)nc3ccccc23)cs1. The van der Waals surface area contributed by atoms with Gasteiger partial charge in [-0.3, -0.25) is 0 Å². The first-order valence-corrected chi connectivity index (χ1v) is 9.88. The average molecular weight is 356 g/mol. The molecule has 4 aromatic rings. The molecule has 0 bridgehead atoms. The molecule has 0 N–H and O–H groups in total. The third-order valence-electron chi connectivity index (χ3n) is 3.33. The standard InChI is InChI=1S/C17H13N3S3/c1-11-18-12(9-22-11)10-23-17-13-5-2-3-6-14(13)19-16(20-17)15-7-4-8-21-15/h2-9H,10H2,1H3. The summed E-state index contributed by atoms with van der Waals surface area (Å²) in [7, 11) is 0. The molecule has 3 heterocycles. The number of para-hydroxylation sites is 1. The summed E-state index contributed by atoms with van der Waals surface area (Å²) >= 11 is 5.08. The lowest BCUT2D eigenvalue weighted by Crippen LogP contribution is -1.93. The zero-order chi connectivity index (χ0) is 15.6. The molecule has 0 radical (unpaired) electrons. The molecule has 0 unspecified atom stereocenters. The molecule has 4 rings (SSSR count). The molecule has 0 aliphatic carbocycles. The van der Waals surface area contributed by atoms with Crippen LogP contribution in [0.5, 0.6) is 0 Å². The van der Waals surface area contributed by atoms with E-state index in [1.165, 1.54) is 0 Å². The summed E-state index contributed by atoms with van der Waals surface area (Å²) in [5.74, 6) is 1.63. The Balaban J connectivity index is 1.74. The number of hydrogen-bond donors (Lipinski definition) is 0. The van der Waals surface area contributed by atoms with E-state index in [4.69, 9.17) is 9.97 Å². The van der Waals surface area contributed by atoms with Gasteiger partial charge in [-0.2, -0.15) is 0 Å². The van der Waals surface area contributed by atoms with Crippen molar-refractivity contribution in [3.8, 4) is 10.7 Å². The third kappa shape index (κ3) is 3.15. The highest BCUT2D eigenvalue weighted by atomic mass is 32.2. The van der Waals surface area contributed by atoms with Crippen LogP contribution in [0.25, 0.3) is 21.6 Å². The van der Waals surface area contributed by atoms with Gasteiger partial charge in [-0.15, -0.1) is 22.7 Å². The maximum atomic E-state index is 4.80. The molecule has 0 saturated carbocycles. The van der Waals surface area contributed by atoms with E-state index in [2.05, 4.69) is 27.9 Å². The van der Waals surface area contributed by atoms with Crippen molar-refractivity contribution in [1.82, 2.24) is 15.0 Å². The van der Waals surface area contributed by atoms with Crippen LogP contribution in [0.15, 0.2) is 52.2 Å². The monoisotopic (exact) mass is 355 g/mol. The fourth-order valence-electron chi connectivity index (χ4n) is 2.29. The second-order valence-electron chi connectivity index (χ2n) is 4.99. The lowest BCUT2D eigenvalue weighted by Gasteiger charge is -2.07. The van der Waals surface area contributed by atoms with Crippen LogP contribution >= 0.6 is 34.4 Å². The summed E-state index contributed by atoms with van der Waals surface area (Å²) in [5, 5.41) is 7.40. The van der Waals surface area contributed by atoms with Crippen molar-refractivity contribution >= 4 is 45.3 Å². The lowest BCUT2D eigenvalue weighted by molar-refractivity contribution is 1.11. The highest BCUT2D eigenvalue weighted by molar-refractivity contribution is 7.98. The van der Waals surface area contributed by atoms with E-state index in [0.29, 0.717) is 0 Å². The van der Waals surface area contributed by atoms with E-state index < -0.39 is 0 Å². The van der Waals surface area contributed by atoms with Gasteiger partial charge in [0.15, 0.2) is 5.82 Å². The van der Waals surface area contributed by atoms with E-state index in [9.17, 15) is 0 Å². The predicted molar refractivity (Wildman–Crippen MR) is 99.3 cm³/mol. The van der Waals surface area contributed by atoms with E-state index in [-0.39, 0.29) is 0 Å². The van der Waals surface area contributed by atoms with E-state index in [1.54, 1.807) is 34.4 Å². The van der Waals surface area contributed by atoms with Crippen molar-refractivity contribution in [2.75, 3.05) is 0 Å². The molecule has 0 spiro atoms. The lowest BCUT2D eigenvalue weighted by atomic mass is 10.2. The van der Waals surface area contributed by atoms with Gasteiger partial charge in [-0.25, -0.2) is 15.0 Å². The minimum atomic E-state index is 0.802. The van der Waals surface area contributed by atoms with Gasteiger partial charge >= 0.3 is 0 Å². The van der Waals surface area contributed by atoms with Crippen molar-refractivity contribution in [2.45, 2.75) is 17.7 Å². The van der Waals surface area contributed by atoms with E-state index in [1.807, 2.05) is 31.2 Å². The maximum absolute atomic E-state index is 4.80. The fraction of sp³-hybridized carbons (Fsp3) is 0.118. The van der Waals surface area contributed by atoms with Crippen molar-refractivity contribution in [2.24, 2.45) is 0 Å². The van der Waals surface area contributed by atoms with Crippen LogP contribution in [0, 0.1) is 6.92 Å². The number of nitrogens with zero attached hydrogens (tertiary/aromatic N) is 3. The molecule has 3 aromatic heterocycles. The zero-order valence-electron chi connectivity index (χ0n) is 12.4. The Bertz CT molecular complexity index is 945. The molecule has 114 valence electrons. The van der Waals surface area contributed by atoms with Gasteiger partial charge in [0.1, 0.15) is 5.03 Å². The molecule has 0 fully saturated rings. The Morgan fingerprint density at radius 1 is 1.00 bits per heavy atom. The minimum absolute atomic E-state index is 0.802. The normalized spacial score (nSPS) is 11.2. The highest BCUT2D eigenvalue weighted by Crippen LogP contribution is 2.31. The molecular formula is C17H13N3S3. The number of hydrogen-bond acceptors (Lipinski definition) is 6. The molecular weight excluding hydrogens is 342 g/mol. The first-order chi connectivity index (χ1) is 11.3. The quantitative estimate of drug-likeness (QED) is 0.362. The van der Waals surface area contributed by atoms with Crippen molar-refractivity contribution in [1.29, 1.82) is 0 Å². The van der Waals surface area contributed by atoms with Gasteiger partial charge < -0.3 is 0 Å². The van der Waals surface area contributed by atoms with Crippen LogP contribution in [0.4, 0.5) is 0 Å². The number of rotatable bonds is 4. The summed E-state index contributed by atoms with van der Waals surface area (Å²) < 4.78 is 0. The predicted octanol–water partition coefficient (Wildman–Crippen LogP) is 5.42. The van der Waals surface area contributed by atoms with Crippen LogP contribution in [-0.2, 0) is 5.75 Å². The molecule has 23 heavy (non-hydrogen) atoms. The van der Waals surface area contributed by atoms with Crippen LogP contribution in [0.1, 0.15) is 10.7 Å². The van der Waals surface area contributed by atoms with Gasteiger partial charge in [-0.1, -0.05) is 36.0 Å². The fourth-order valence-corrected chi connectivity index (χ4v) is 4.58. The largest absolute Gasteiger partial charge is 0.246 e. The molecule has 0 amide bonds. The molecule has 6 heteroatoms. The summed E-state index contributed by atoms with van der Waals surface area (Å²) in [6.45, 7) is 2.04. The Morgan fingerprint density at radius 3 is 2.70 bits per heavy atom. The number of benzene rings is 1. The second-order valence-corrected chi connectivity index (χ2v) is 7.97. The smallest absolute Gasteiger partial charge is 0.171 e. The highest BCUT2D eigenvalue weighted by Gasteiger charge is 2.11. The first kappa shape index (κ1) is 14.8. The number of thiazole rings is 1. The number of fused-ring (bicyclic) bond motifs is 1. The van der Waals surface area contributed by atoms with E-state index in [0.717, 1.165) is 43.1 Å². The summed E-state index contributed by atoms with van der Waals surface area (Å²) in [5.41, 5.74) is 2.10. The average Bonchev–Trinajstić information content (AvgIpc) is 3.24. The van der Waals surface area contributed by atoms with Gasteiger partial charge in [0.25, 0.3) is 0 Å². The maximum Gasteiger partial charge on any atom is 0.171 e. The summed E-state index contributed by atoms with van der Waals surface area (Å²) in [4.78, 5) is 15.1. The van der Waals surface area contributed by atoms with Crippen LogP contribution < -0.4 is 0 Å². The molecule has 3 nitrogen and oxygen atoms in total. The molecule has 0 aliphatic heterocycles. The van der Waals surface area contributed by atoms with Crippen molar-refractivity contribution < 1.29 is 0 Å². The Morgan fingerprint density at radius 2 is 1.91 bits per heavy atom. The molecule has 0 saturated heterocycles. The topological polar surface area (TPSA) is 38.7 Å². The summed E-state index contributed by atoms with van der Waals surface area (Å²) in [6.07, 6.45) is 0. The second kappa shape index (κ2) is 6.39. The van der Waals surface area contributed by atoms with Gasteiger partial charge in [0, 0.05) is 16.5 Å². The van der Waals surface area contributed by atoms with Gasteiger partial charge in [0.2, 0.25) is 0 Å². The van der Waals surface area contributed by atoms with Crippen molar-refractivity contribution in [3.63, 3.8) is 0 Å². The Labute approximate surface area is 146 Å². The van der Waals surface area contributed by atoms with Crippen LogP contribution in [0.2, 0.25) is 0 Å². The number of thioether (sulfide) groups is 1. The van der Waals surface area contributed by atoms with Crippen molar-refractivity contribution in [3.05, 3.63) is 57.9 Å². The van der Waals surface area contributed by atoms with Gasteiger partial charge in [0.05, 0.1) is 21.1 Å². The van der Waals surface area contributed by atoms with E-state index >= 15 is 0 Å². The number of thiophene rings is 1. The molecule has 0 aliphatic rings. The third-order valence-corrected chi connectivity index (χ3v) is 6.05. The number of aryl methyl sites for hydroxylation is 1. The van der Waals surface area contributed by atoms with Crippen LogP contribution in [-0.4, -0.2) is 15.0 Å².